The molecule has 0 radical (unpaired) electrons. The van der Waals surface area contributed by atoms with Crippen molar-refractivity contribution in [1.29, 1.82) is 0 Å². The average Bonchev–Trinajstić information content (AvgIpc) is 2.94. The Labute approximate surface area is 135 Å². The Kier molecular flexibility index (Phi) is 5.03. The lowest BCUT2D eigenvalue weighted by molar-refractivity contribution is -0.0356. The molecule has 0 saturated carbocycles. The van der Waals surface area contributed by atoms with Gasteiger partial charge in [-0.3, -0.25) is 4.90 Å². The summed E-state index contributed by atoms with van der Waals surface area (Å²) in [4.78, 5) is 6.67. The van der Waals surface area contributed by atoms with Gasteiger partial charge in [0.25, 0.3) is 0 Å². The second kappa shape index (κ2) is 7.19. The molecule has 3 rings (SSSR count). The van der Waals surface area contributed by atoms with E-state index in [1.165, 1.54) is 12.1 Å². The summed E-state index contributed by atoms with van der Waals surface area (Å²) in [6.07, 6.45) is 0.771. The first-order chi connectivity index (χ1) is 11.1. The van der Waals surface area contributed by atoms with Crippen molar-refractivity contribution in [1.82, 2.24) is 15.0 Å². The molecule has 1 unspecified atom stereocenters. The lowest BCUT2D eigenvalue weighted by Gasteiger charge is -2.32. The van der Waals surface area contributed by atoms with Crippen molar-refractivity contribution in [3.63, 3.8) is 0 Å². The predicted molar refractivity (Wildman–Crippen MR) is 83.2 cm³/mol. The SMILES string of the molecule is CC(C)Cc1noc(CN2CCOC(c3ccc(F)cc3)C2)n1. The molecular weight excluding hydrogens is 297 g/mol. The highest BCUT2D eigenvalue weighted by Gasteiger charge is 2.23. The fourth-order valence-corrected chi connectivity index (χ4v) is 2.72. The van der Waals surface area contributed by atoms with Crippen molar-refractivity contribution >= 4 is 0 Å². The molecule has 0 amide bonds. The molecular formula is C17H22FN3O2. The molecule has 2 aromatic rings. The molecule has 0 N–H and O–H groups in total. The monoisotopic (exact) mass is 319 g/mol. The molecule has 1 aromatic heterocycles. The number of hydrogen-bond acceptors (Lipinski definition) is 5. The van der Waals surface area contributed by atoms with Gasteiger partial charge >= 0.3 is 0 Å². The number of rotatable bonds is 5. The Hall–Kier alpha value is -1.79. The van der Waals surface area contributed by atoms with Crippen LogP contribution in [0.3, 0.4) is 0 Å². The minimum Gasteiger partial charge on any atom is -0.371 e. The lowest BCUT2D eigenvalue weighted by atomic mass is 10.1. The van der Waals surface area contributed by atoms with Crippen LogP contribution in [0.25, 0.3) is 0 Å². The zero-order valence-corrected chi connectivity index (χ0v) is 13.5. The van der Waals surface area contributed by atoms with E-state index < -0.39 is 0 Å². The Morgan fingerprint density at radius 1 is 1.30 bits per heavy atom. The first-order valence-corrected chi connectivity index (χ1v) is 8.01. The first-order valence-electron chi connectivity index (χ1n) is 8.01. The summed E-state index contributed by atoms with van der Waals surface area (Å²) in [6, 6.07) is 6.48. The van der Waals surface area contributed by atoms with Crippen LogP contribution < -0.4 is 0 Å². The lowest BCUT2D eigenvalue weighted by Crippen LogP contribution is -2.37. The zero-order chi connectivity index (χ0) is 16.2. The van der Waals surface area contributed by atoms with E-state index in [0.29, 0.717) is 25.0 Å². The molecule has 1 atom stereocenters. The standard InChI is InChI=1S/C17H22FN3O2/c1-12(2)9-16-19-17(23-20-16)11-21-7-8-22-15(10-21)13-3-5-14(18)6-4-13/h3-6,12,15H,7-11H2,1-2H3. The van der Waals surface area contributed by atoms with E-state index in [2.05, 4.69) is 28.9 Å². The number of halogens is 1. The van der Waals surface area contributed by atoms with Gasteiger partial charge in [0.05, 0.1) is 19.3 Å². The van der Waals surface area contributed by atoms with Gasteiger partial charge in [0, 0.05) is 19.5 Å². The molecule has 0 aliphatic carbocycles. The Bertz CT molecular complexity index is 627. The van der Waals surface area contributed by atoms with Crippen LogP contribution in [0.5, 0.6) is 0 Å². The van der Waals surface area contributed by atoms with Crippen LogP contribution >= 0.6 is 0 Å². The molecule has 1 saturated heterocycles. The largest absolute Gasteiger partial charge is 0.371 e. The van der Waals surface area contributed by atoms with Crippen molar-refractivity contribution in [2.75, 3.05) is 19.7 Å². The van der Waals surface area contributed by atoms with Crippen LogP contribution in [0.4, 0.5) is 4.39 Å². The van der Waals surface area contributed by atoms with Gasteiger partial charge in [-0.1, -0.05) is 31.1 Å². The molecule has 23 heavy (non-hydrogen) atoms. The summed E-state index contributed by atoms with van der Waals surface area (Å²) < 4.78 is 24.2. The quantitative estimate of drug-likeness (QED) is 0.848. The molecule has 5 nitrogen and oxygen atoms in total. The number of nitrogens with zero attached hydrogens (tertiary/aromatic N) is 3. The summed E-state index contributed by atoms with van der Waals surface area (Å²) in [7, 11) is 0. The summed E-state index contributed by atoms with van der Waals surface area (Å²) in [5.74, 6) is 1.68. The molecule has 1 aliphatic heterocycles. The van der Waals surface area contributed by atoms with Crippen LogP contribution in [0.2, 0.25) is 0 Å². The van der Waals surface area contributed by atoms with Crippen LogP contribution in [-0.2, 0) is 17.7 Å². The first kappa shape index (κ1) is 16.1. The maximum atomic E-state index is 13.0. The Morgan fingerprint density at radius 2 is 2.09 bits per heavy atom. The zero-order valence-electron chi connectivity index (χ0n) is 13.5. The maximum Gasteiger partial charge on any atom is 0.240 e. The third kappa shape index (κ3) is 4.36. The third-order valence-corrected chi connectivity index (χ3v) is 3.85. The van der Waals surface area contributed by atoms with E-state index in [9.17, 15) is 4.39 Å². The highest BCUT2D eigenvalue weighted by molar-refractivity contribution is 5.19. The van der Waals surface area contributed by atoms with Gasteiger partial charge in [-0.15, -0.1) is 0 Å². The molecule has 2 heterocycles. The van der Waals surface area contributed by atoms with Crippen LogP contribution in [0, 0.1) is 11.7 Å². The van der Waals surface area contributed by atoms with Crippen LogP contribution in [0.15, 0.2) is 28.8 Å². The molecule has 1 fully saturated rings. The average molecular weight is 319 g/mol. The van der Waals surface area contributed by atoms with Crippen molar-refractivity contribution in [3.05, 3.63) is 47.4 Å². The fraction of sp³-hybridized carbons (Fsp3) is 0.529. The smallest absolute Gasteiger partial charge is 0.240 e. The fourth-order valence-electron chi connectivity index (χ4n) is 2.72. The summed E-state index contributed by atoms with van der Waals surface area (Å²) in [5.41, 5.74) is 0.988. The number of morpholine rings is 1. The number of ether oxygens (including phenoxy) is 1. The van der Waals surface area contributed by atoms with Crippen molar-refractivity contribution in [3.8, 4) is 0 Å². The summed E-state index contributed by atoms with van der Waals surface area (Å²) in [6.45, 7) is 7.06. The Morgan fingerprint density at radius 3 is 2.83 bits per heavy atom. The number of benzene rings is 1. The van der Waals surface area contributed by atoms with Crippen molar-refractivity contribution < 1.29 is 13.7 Å². The van der Waals surface area contributed by atoms with E-state index in [1.807, 2.05) is 0 Å². The topological polar surface area (TPSA) is 51.4 Å². The molecule has 124 valence electrons. The molecule has 1 aliphatic rings. The molecule has 0 bridgehead atoms. The molecule has 6 heteroatoms. The predicted octanol–water partition coefficient (Wildman–Crippen LogP) is 2.98. The highest BCUT2D eigenvalue weighted by Crippen LogP contribution is 2.23. The number of hydrogen-bond donors (Lipinski definition) is 0. The van der Waals surface area contributed by atoms with Gasteiger partial charge in [-0.2, -0.15) is 4.98 Å². The normalized spacial score (nSPS) is 19.4. The van der Waals surface area contributed by atoms with Crippen LogP contribution in [0.1, 0.15) is 37.2 Å². The van der Waals surface area contributed by atoms with Gasteiger partial charge in [0.15, 0.2) is 5.82 Å². The maximum absolute atomic E-state index is 13.0. The van der Waals surface area contributed by atoms with E-state index in [-0.39, 0.29) is 11.9 Å². The minimum absolute atomic E-state index is 0.0533. The van der Waals surface area contributed by atoms with E-state index in [0.717, 1.165) is 30.9 Å². The summed E-state index contributed by atoms with van der Waals surface area (Å²) >= 11 is 0. The van der Waals surface area contributed by atoms with Gasteiger partial charge < -0.3 is 9.26 Å². The third-order valence-electron chi connectivity index (χ3n) is 3.85. The summed E-state index contributed by atoms with van der Waals surface area (Å²) in [5, 5.41) is 4.02. The molecule has 1 aromatic carbocycles. The van der Waals surface area contributed by atoms with Gasteiger partial charge in [0.1, 0.15) is 5.82 Å². The Balaban J connectivity index is 1.60. The minimum atomic E-state index is -0.232. The highest BCUT2D eigenvalue weighted by atomic mass is 19.1. The van der Waals surface area contributed by atoms with E-state index in [4.69, 9.17) is 9.26 Å². The van der Waals surface area contributed by atoms with E-state index >= 15 is 0 Å². The van der Waals surface area contributed by atoms with Gasteiger partial charge in [0.2, 0.25) is 5.89 Å². The van der Waals surface area contributed by atoms with Crippen molar-refractivity contribution in [2.45, 2.75) is 32.9 Å². The second-order valence-electron chi connectivity index (χ2n) is 6.35. The second-order valence-corrected chi connectivity index (χ2v) is 6.35. The molecule has 0 spiro atoms. The van der Waals surface area contributed by atoms with Crippen LogP contribution in [-0.4, -0.2) is 34.7 Å². The van der Waals surface area contributed by atoms with Gasteiger partial charge in [-0.05, 0) is 23.6 Å². The van der Waals surface area contributed by atoms with Gasteiger partial charge in [-0.25, -0.2) is 4.39 Å². The van der Waals surface area contributed by atoms with E-state index in [1.54, 1.807) is 12.1 Å². The van der Waals surface area contributed by atoms with Crippen molar-refractivity contribution in [2.24, 2.45) is 5.92 Å². The number of aromatic nitrogens is 2.